The fourth-order valence-electron chi connectivity index (χ4n) is 2.72. The van der Waals surface area contributed by atoms with E-state index in [0.29, 0.717) is 5.92 Å². The van der Waals surface area contributed by atoms with Gasteiger partial charge in [0.1, 0.15) is 5.75 Å². The first-order chi connectivity index (χ1) is 10.1. The number of nitrogens with one attached hydrogen (secondary N) is 1. The van der Waals surface area contributed by atoms with Gasteiger partial charge in [-0.15, -0.1) is 12.4 Å². The van der Waals surface area contributed by atoms with Gasteiger partial charge in [0.15, 0.2) is 6.61 Å². The van der Waals surface area contributed by atoms with Crippen molar-refractivity contribution in [2.75, 3.05) is 32.8 Å². The van der Waals surface area contributed by atoms with Crippen LogP contribution in [-0.2, 0) is 4.79 Å². The van der Waals surface area contributed by atoms with Gasteiger partial charge in [0.25, 0.3) is 5.91 Å². The minimum absolute atomic E-state index is 0. The summed E-state index contributed by atoms with van der Waals surface area (Å²) in [4.78, 5) is 14.0. The van der Waals surface area contributed by atoms with Crippen molar-refractivity contribution < 1.29 is 9.53 Å². The van der Waals surface area contributed by atoms with E-state index < -0.39 is 0 Å². The Labute approximate surface area is 139 Å². The van der Waals surface area contributed by atoms with Crippen LogP contribution >= 0.6 is 12.4 Å². The molecular weight excluding hydrogens is 300 g/mol. The molecule has 4 nitrogen and oxygen atoms in total. The normalized spacial score (nSPS) is 15.2. The highest BCUT2D eigenvalue weighted by molar-refractivity contribution is 5.85. The van der Waals surface area contributed by atoms with Crippen LogP contribution in [0.25, 0.3) is 0 Å². The minimum atomic E-state index is 0. The van der Waals surface area contributed by atoms with Crippen LogP contribution in [0.15, 0.2) is 18.2 Å². The third kappa shape index (κ3) is 5.18. The Morgan fingerprint density at radius 3 is 2.77 bits per heavy atom. The predicted molar refractivity (Wildman–Crippen MR) is 92.1 cm³/mol. The molecule has 5 heteroatoms. The van der Waals surface area contributed by atoms with E-state index in [-0.39, 0.29) is 24.9 Å². The Bertz CT molecular complexity index is 484. The topological polar surface area (TPSA) is 41.6 Å². The van der Waals surface area contributed by atoms with Crippen LogP contribution in [0.2, 0.25) is 0 Å². The number of amides is 1. The van der Waals surface area contributed by atoms with E-state index in [1.165, 1.54) is 11.1 Å². The Morgan fingerprint density at radius 1 is 1.32 bits per heavy atom. The van der Waals surface area contributed by atoms with Crippen LogP contribution in [-0.4, -0.2) is 43.6 Å². The third-order valence-electron chi connectivity index (χ3n) is 3.92. The number of hydrogen-bond acceptors (Lipinski definition) is 3. The van der Waals surface area contributed by atoms with Crippen LogP contribution in [0, 0.1) is 6.92 Å². The zero-order valence-electron chi connectivity index (χ0n) is 13.7. The van der Waals surface area contributed by atoms with E-state index in [1.54, 1.807) is 0 Å². The molecule has 0 radical (unpaired) electrons. The maximum absolute atomic E-state index is 12.2. The van der Waals surface area contributed by atoms with Crippen molar-refractivity contribution in [3.05, 3.63) is 29.3 Å². The predicted octanol–water partition coefficient (Wildman–Crippen LogP) is 2.74. The molecule has 124 valence electrons. The second kappa shape index (κ2) is 9.01. The Hall–Kier alpha value is -1.26. The van der Waals surface area contributed by atoms with E-state index in [9.17, 15) is 4.79 Å². The van der Waals surface area contributed by atoms with Gasteiger partial charge in [-0.25, -0.2) is 0 Å². The molecule has 22 heavy (non-hydrogen) atoms. The second-order valence-electron chi connectivity index (χ2n) is 5.95. The molecule has 0 unspecified atom stereocenters. The van der Waals surface area contributed by atoms with Crippen molar-refractivity contribution in [2.24, 2.45) is 0 Å². The van der Waals surface area contributed by atoms with Crippen LogP contribution in [0.1, 0.15) is 37.3 Å². The number of rotatable bonds is 4. The molecule has 1 heterocycles. The van der Waals surface area contributed by atoms with Crippen molar-refractivity contribution in [1.82, 2.24) is 10.2 Å². The van der Waals surface area contributed by atoms with E-state index >= 15 is 0 Å². The highest BCUT2D eigenvalue weighted by Gasteiger charge is 2.15. The largest absolute Gasteiger partial charge is 0.484 e. The van der Waals surface area contributed by atoms with Crippen molar-refractivity contribution >= 4 is 18.3 Å². The lowest BCUT2D eigenvalue weighted by molar-refractivity contribution is -0.133. The molecule has 0 aromatic heterocycles. The van der Waals surface area contributed by atoms with Gasteiger partial charge in [0.05, 0.1) is 0 Å². The minimum Gasteiger partial charge on any atom is -0.484 e. The first-order valence-corrected chi connectivity index (χ1v) is 7.80. The summed E-state index contributed by atoms with van der Waals surface area (Å²) in [6, 6.07) is 6.07. The van der Waals surface area contributed by atoms with Crippen LogP contribution in [0.5, 0.6) is 5.75 Å². The Kier molecular flexibility index (Phi) is 7.69. The van der Waals surface area contributed by atoms with Crippen LogP contribution in [0.3, 0.4) is 0 Å². The number of benzene rings is 1. The SMILES string of the molecule is Cc1cc(OCC(=O)N2CCCNCC2)ccc1C(C)C.Cl. The summed E-state index contributed by atoms with van der Waals surface area (Å²) in [7, 11) is 0. The van der Waals surface area contributed by atoms with Gasteiger partial charge in [-0.2, -0.15) is 0 Å². The van der Waals surface area contributed by atoms with E-state index in [4.69, 9.17) is 4.74 Å². The van der Waals surface area contributed by atoms with Gasteiger partial charge < -0.3 is 15.0 Å². The molecule has 0 spiro atoms. The molecule has 1 saturated heterocycles. The zero-order valence-corrected chi connectivity index (χ0v) is 14.5. The number of carbonyl (C=O) groups is 1. The molecule has 1 aliphatic heterocycles. The maximum Gasteiger partial charge on any atom is 0.260 e. The van der Waals surface area contributed by atoms with Gasteiger partial charge in [0, 0.05) is 19.6 Å². The van der Waals surface area contributed by atoms with Crippen molar-refractivity contribution in [1.29, 1.82) is 0 Å². The summed E-state index contributed by atoms with van der Waals surface area (Å²) in [6.45, 7) is 10.0. The highest BCUT2D eigenvalue weighted by Crippen LogP contribution is 2.23. The Morgan fingerprint density at radius 2 is 2.09 bits per heavy atom. The molecule has 0 aliphatic carbocycles. The summed E-state index contributed by atoms with van der Waals surface area (Å²) in [5.41, 5.74) is 2.54. The maximum atomic E-state index is 12.2. The number of nitrogens with zero attached hydrogens (tertiary/aromatic N) is 1. The standard InChI is InChI=1S/C17H26N2O2.ClH/c1-13(2)16-6-5-15(11-14(16)3)21-12-17(20)19-9-4-7-18-8-10-19;/h5-6,11,13,18H,4,7-10,12H2,1-3H3;1H. The summed E-state index contributed by atoms with van der Waals surface area (Å²) in [5, 5.41) is 3.30. The van der Waals surface area contributed by atoms with E-state index in [1.807, 2.05) is 17.0 Å². The van der Waals surface area contributed by atoms with Gasteiger partial charge in [0.2, 0.25) is 0 Å². The average molecular weight is 327 g/mol. The molecule has 1 amide bonds. The summed E-state index contributed by atoms with van der Waals surface area (Å²) in [6.07, 6.45) is 1.01. The van der Waals surface area contributed by atoms with Crippen molar-refractivity contribution in [2.45, 2.75) is 33.1 Å². The highest BCUT2D eigenvalue weighted by atomic mass is 35.5. The fraction of sp³-hybridized carbons (Fsp3) is 0.588. The molecule has 1 N–H and O–H groups in total. The van der Waals surface area contributed by atoms with Gasteiger partial charge in [-0.05, 0) is 49.1 Å². The zero-order chi connectivity index (χ0) is 15.2. The smallest absolute Gasteiger partial charge is 0.260 e. The lowest BCUT2D eigenvalue weighted by atomic mass is 9.98. The number of hydrogen-bond donors (Lipinski definition) is 1. The lowest BCUT2D eigenvalue weighted by Crippen LogP contribution is -2.37. The molecule has 1 aliphatic rings. The van der Waals surface area contributed by atoms with Crippen LogP contribution < -0.4 is 10.1 Å². The molecule has 2 rings (SSSR count). The quantitative estimate of drug-likeness (QED) is 0.925. The molecule has 0 atom stereocenters. The fourth-order valence-corrected chi connectivity index (χ4v) is 2.72. The van der Waals surface area contributed by atoms with Crippen molar-refractivity contribution in [3.8, 4) is 5.75 Å². The molecule has 0 saturated carbocycles. The summed E-state index contributed by atoms with van der Waals surface area (Å²) < 4.78 is 5.67. The van der Waals surface area contributed by atoms with Crippen LogP contribution in [0.4, 0.5) is 0 Å². The molecule has 1 aromatic carbocycles. The Balaban J connectivity index is 0.00000242. The van der Waals surface area contributed by atoms with Crippen molar-refractivity contribution in [3.63, 3.8) is 0 Å². The molecule has 0 bridgehead atoms. The molecule has 1 fully saturated rings. The number of ether oxygens (including phenoxy) is 1. The molecule has 1 aromatic rings. The van der Waals surface area contributed by atoms with E-state index in [2.05, 4.69) is 32.2 Å². The first-order valence-electron chi connectivity index (χ1n) is 7.80. The summed E-state index contributed by atoms with van der Waals surface area (Å²) >= 11 is 0. The van der Waals surface area contributed by atoms with Gasteiger partial charge in [-0.3, -0.25) is 4.79 Å². The summed E-state index contributed by atoms with van der Waals surface area (Å²) in [5.74, 6) is 1.35. The van der Waals surface area contributed by atoms with Gasteiger partial charge in [-0.1, -0.05) is 19.9 Å². The first kappa shape index (κ1) is 18.8. The molecular formula is C17H27ClN2O2. The number of halogens is 1. The average Bonchev–Trinajstić information content (AvgIpc) is 2.73. The van der Waals surface area contributed by atoms with Gasteiger partial charge >= 0.3 is 0 Å². The van der Waals surface area contributed by atoms with E-state index in [0.717, 1.165) is 38.3 Å². The lowest BCUT2D eigenvalue weighted by Gasteiger charge is -2.20. The number of aryl methyl sites for hydroxylation is 1. The monoisotopic (exact) mass is 326 g/mol. The second-order valence-corrected chi connectivity index (χ2v) is 5.95. The third-order valence-corrected chi connectivity index (χ3v) is 3.92. The number of carbonyl (C=O) groups excluding carboxylic acids is 1.